The molecule has 0 fully saturated rings. The van der Waals surface area contributed by atoms with E-state index in [1.54, 1.807) is 0 Å². The summed E-state index contributed by atoms with van der Waals surface area (Å²) in [6.45, 7) is 6.60. The average Bonchev–Trinajstić information content (AvgIpc) is 2.74. The van der Waals surface area contributed by atoms with Gasteiger partial charge in [0.25, 0.3) is 0 Å². The number of halogens is 1. The maximum atomic E-state index is 13.1. The Morgan fingerprint density at radius 3 is 2.27 bits per heavy atom. The zero-order valence-corrected chi connectivity index (χ0v) is 13.4. The standard InChI is InChI=1S/C21H21F/c1-14(2)17-7-8-18(12-16-5-9-19(22)10-6-16)20-11-4-15(3)21(20)13-17/h4-11,13-14H,12H2,1-3H3. The minimum atomic E-state index is -0.182. The van der Waals surface area contributed by atoms with Crippen LogP contribution >= 0.6 is 0 Å². The van der Waals surface area contributed by atoms with Gasteiger partial charge in [-0.2, -0.15) is 0 Å². The van der Waals surface area contributed by atoms with Crippen LogP contribution in [0.3, 0.4) is 0 Å². The molecule has 0 aromatic heterocycles. The molecule has 0 atom stereocenters. The van der Waals surface area contributed by atoms with Gasteiger partial charge in [-0.05, 0) is 64.8 Å². The summed E-state index contributed by atoms with van der Waals surface area (Å²) in [5.41, 5.74) is 7.72. The Bertz CT molecular complexity index is 754. The monoisotopic (exact) mass is 292 g/mol. The van der Waals surface area contributed by atoms with Crippen LogP contribution < -0.4 is 0 Å². The molecule has 1 aromatic rings. The summed E-state index contributed by atoms with van der Waals surface area (Å²) in [7, 11) is 0. The Morgan fingerprint density at radius 1 is 0.864 bits per heavy atom. The lowest BCUT2D eigenvalue weighted by molar-refractivity contribution is 0.627. The van der Waals surface area contributed by atoms with Crippen LogP contribution in [0, 0.1) is 12.7 Å². The van der Waals surface area contributed by atoms with Gasteiger partial charge in [0.1, 0.15) is 5.82 Å². The van der Waals surface area contributed by atoms with Gasteiger partial charge in [0, 0.05) is 0 Å². The maximum absolute atomic E-state index is 13.1. The van der Waals surface area contributed by atoms with Crippen molar-refractivity contribution in [3.63, 3.8) is 0 Å². The molecule has 0 nitrogen and oxygen atoms in total. The fourth-order valence-corrected chi connectivity index (χ4v) is 2.91. The zero-order valence-electron chi connectivity index (χ0n) is 13.4. The zero-order chi connectivity index (χ0) is 15.7. The summed E-state index contributed by atoms with van der Waals surface area (Å²) in [5, 5.41) is 0. The Hall–Kier alpha value is -2.15. The van der Waals surface area contributed by atoms with Gasteiger partial charge in [0.15, 0.2) is 0 Å². The summed E-state index contributed by atoms with van der Waals surface area (Å²) in [4.78, 5) is 0. The summed E-state index contributed by atoms with van der Waals surface area (Å²) < 4.78 is 13.1. The lowest BCUT2D eigenvalue weighted by Crippen LogP contribution is -1.89. The van der Waals surface area contributed by atoms with E-state index < -0.39 is 0 Å². The number of aryl methyl sites for hydroxylation is 1. The fourth-order valence-electron chi connectivity index (χ4n) is 2.91. The van der Waals surface area contributed by atoms with Crippen molar-refractivity contribution in [1.82, 2.24) is 0 Å². The molecule has 22 heavy (non-hydrogen) atoms. The van der Waals surface area contributed by atoms with Gasteiger partial charge in [-0.15, -0.1) is 0 Å². The van der Waals surface area contributed by atoms with Crippen LogP contribution in [0.15, 0.2) is 54.6 Å². The Kier molecular flexibility index (Phi) is 3.98. The summed E-state index contributed by atoms with van der Waals surface area (Å²) in [5.74, 6) is 0.322. The molecule has 1 aromatic carbocycles. The molecule has 2 aliphatic carbocycles. The van der Waals surface area contributed by atoms with Crippen LogP contribution in [-0.4, -0.2) is 0 Å². The van der Waals surface area contributed by atoms with Crippen molar-refractivity contribution in [2.75, 3.05) is 0 Å². The van der Waals surface area contributed by atoms with E-state index in [4.69, 9.17) is 0 Å². The molecule has 1 heteroatoms. The second-order valence-corrected chi connectivity index (χ2v) is 6.30. The minimum Gasteiger partial charge on any atom is -0.207 e. The molecule has 2 aliphatic rings. The quantitative estimate of drug-likeness (QED) is 0.559. The molecule has 0 heterocycles. The van der Waals surface area contributed by atoms with Crippen molar-refractivity contribution < 1.29 is 4.39 Å². The Labute approximate surface area is 132 Å². The third-order valence-corrected chi connectivity index (χ3v) is 4.32. The predicted molar refractivity (Wildman–Crippen MR) is 91.1 cm³/mol. The van der Waals surface area contributed by atoms with E-state index >= 15 is 0 Å². The first-order valence-corrected chi connectivity index (χ1v) is 7.81. The Morgan fingerprint density at radius 2 is 1.59 bits per heavy atom. The van der Waals surface area contributed by atoms with Crippen LogP contribution in [0.25, 0.3) is 11.1 Å². The van der Waals surface area contributed by atoms with E-state index in [2.05, 4.69) is 51.1 Å². The highest BCUT2D eigenvalue weighted by Gasteiger charge is 2.12. The van der Waals surface area contributed by atoms with Crippen LogP contribution in [0.4, 0.5) is 4.39 Å². The first-order valence-electron chi connectivity index (χ1n) is 7.81. The van der Waals surface area contributed by atoms with E-state index in [-0.39, 0.29) is 5.82 Å². The van der Waals surface area contributed by atoms with Gasteiger partial charge in [-0.1, -0.05) is 56.3 Å². The lowest BCUT2D eigenvalue weighted by Gasteiger charge is -2.06. The van der Waals surface area contributed by atoms with Gasteiger partial charge in [-0.25, -0.2) is 4.39 Å². The largest absolute Gasteiger partial charge is 0.207 e. The number of benzene rings is 1. The van der Waals surface area contributed by atoms with Crippen molar-refractivity contribution in [2.45, 2.75) is 33.1 Å². The molecule has 0 bridgehead atoms. The summed E-state index contributed by atoms with van der Waals surface area (Å²) in [6, 6.07) is 17.9. The number of rotatable bonds is 3. The molecular weight excluding hydrogens is 271 g/mol. The van der Waals surface area contributed by atoms with Crippen LogP contribution in [0.1, 0.15) is 42.0 Å². The Balaban J connectivity index is 2.07. The maximum Gasteiger partial charge on any atom is 0.123 e. The van der Waals surface area contributed by atoms with E-state index in [9.17, 15) is 4.39 Å². The molecule has 0 saturated carbocycles. The molecule has 0 amide bonds. The average molecular weight is 292 g/mol. The highest BCUT2D eigenvalue weighted by molar-refractivity contribution is 5.74. The van der Waals surface area contributed by atoms with Crippen LogP contribution in [0.5, 0.6) is 0 Å². The van der Waals surface area contributed by atoms with E-state index in [0.29, 0.717) is 5.92 Å². The van der Waals surface area contributed by atoms with Gasteiger partial charge in [0.05, 0.1) is 0 Å². The first-order chi connectivity index (χ1) is 10.5. The number of fused-ring (bicyclic) bond motifs is 1. The molecule has 0 unspecified atom stereocenters. The number of hydrogen-bond donors (Lipinski definition) is 0. The number of hydrogen-bond acceptors (Lipinski definition) is 0. The molecule has 0 spiro atoms. The highest BCUT2D eigenvalue weighted by Crippen LogP contribution is 2.33. The lowest BCUT2D eigenvalue weighted by atomic mass is 9.99. The van der Waals surface area contributed by atoms with Crippen LogP contribution in [0.2, 0.25) is 0 Å². The molecular formula is C21H21F. The molecule has 0 saturated heterocycles. The van der Waals surface area contributed by atoms with Crippen LogP contribution in [-0.2, 0) is 6.42 Å². The second kappa shape index (κ2) is 5.92. The van der Waals surface area contributed by atoms with Gasteiger partial charge in [-0.3, -0.25) is 0 Å². The SMILES string of the molecule is Cc1ccc2c(Cc3ccc(F)cc3)ccc(C(C)C)cc1-2. The van der Waals surface area contributed by atoms with E-state index in [1.807, 2.05) is 12.1 Å². The highest BCUT2D eigenvalue weighted by atomic mass is 19.1. The fraction of sp³-hybridized carbons (Fsp3) is 0.238. The first kappa shape index (κ1) is 14.8. The van der Waals surface area contributed by atoms with E-state index in [1.165, 1.54) is 39.9 Å². The topological polar surface area (TPSA) is 0 Å². The van der Waals surface area contributed by atoms with Crippen molar-refractivity contribution in [1.29, 1.82) is 0 Å². The predicted octanol–water partition coefficient (Wildman–Crippen LogP) is 5.95. The summed E-state index contributed by atoms with van der Waals surface area (Å²) >= 11 is 0. The van der Waals surface area contributed by atoms with Gasteiger partial charge < -0.3 is 0 Å². The normalized spacial score (nSPS) is 11.3. The van der Waals surface area contributed by atoms with Gasteiger partial charge in [0.2, 0.25) is 0 Å². The van der Waals surface area contributed by atoms with Crippen molar-refractivity contribution in [3.8, 4) is 11.1 Å². The molecule has 3 rings (SSSR count). The van der Waals surface area contributed by atoms with Crippen molar-refractivity contribution in [2.24, 2.45) is 0 Å². The third kappa shape index (κ3) is 2.89. The smallest absolute Gasteiger partial charge is 0.123 e. The van der Waals surface area contributed by atoms with Crippen molar-refractivity contribution in [3.05, 3.63) is 82.7 Å². The molecule has 0 N–H and O–H groups in total. The molecule has 0 aliphatic heterocycles. The molecule has 112 valence electrons. The molecule has 0 radical (unpaired) electrons. The minimum absolute atomic E-state index is 0.182. The third-order valence-electron chi connectivity index (χ3n) is 4.32. The van der Waals surface area contributed by atoms with Gasteiger partial charge >= 0.3 is 0 Å². The second-order valence-electron chi connectivity index (χ2n) is 6.30. The summed E-state index contributed by atoms with van der Waals surface area (Å²) in [6.07, 6.45) is 0.826. The van der Waals surface area contributed by atoms with E-state index in [0.717, 1.165) is 12.0 Å². The van der Waals surface area contributed by atoms with Crippen molar-refractivity contribution >= 4 is 0 Å².